The third kappa shape index (κ3) is 4.99. The van der Waals surface area contributed by atoms with Gasteiger partial charge in [-0.15, -0.1) is 11.3 Å². The van der Waals surface area contributed by atoms with Crippen molar-refractivity contribution in [3.05, 3.63) is 64.3 Å². The van der Waals surface area contributed by atoms with Gasteiger partial charge in [0.2, 0.25) is 0 Å². The number of anilines is 1. The van der Waals surface area contributed by atoms with Crippen LogP contribution in [0.4, 0.5) is 5.00 Å². The summed E-state index contributed by atoms with van der Waals surface area (Å²) >= 11 is 0.986. The second-order valence-corrected chi connectivity index (χ2v) is 9.38. The van der Waals surface area contributed by atoms with Gasteiger partial charge in [-0.25, -0.2) is 14.6 Å². The maximum Gasteiger partial charge on any atom is 0.348 e. The van der Waals surface area contributed by atoms with Crippen molar-refractivity contribution in [2.75, 3.05) is 11.9 Å². The molecule has 0 unspecified atom stereocenters. The second kappa shape index (κ2) is 10.3. The Labute approximate surface area is 212 Å². The van der Waals surface area contributed by atoms with Crippen molar-refractivity contribution in [2.24, 2.45) is 7.05 Å². The summed E-state index contributed by atoms with van der Waals surface area (Å²) < 4.78 is 12.2. The van der Waals surface area contributed by atoms with Crippen LogP contribution in [0.3, 0.4) is 0 Å². The van der Waals surface area contributed by atoms with Gasteiger partial charge >= 0.3 is 11.9 Å². The SMILES string of the molecule is CCOC(=O)c1sc(NC(=O)c2cc(-c3cnn(C)c3)nc3ccccc23)c(C(=O)OC(C)C)c1C. The van der Waals surface area contributed by atoms with Crippen LogP contribution in [-0.4, -0.2) is 45.3 Å². The summed E-state index contributed by atoms with van der Waals surface area (Å²) in [5.41, 5.74) is 2.88. The molecule has 0 saturated heterocycles. The van der Waals surface area contributed by atoms with Crippen molar-refractivity contribution in [1.82, 2.24) is 14.8 Å². The molecule has 4 aromatic rings. The minimum absolute atomic E-state index is 0.135. The summed E-state index contributed by atoms with van der Waals surface area (Å²) in [7, 11) is 1.80. The predicted molar refractivity (Wildman–Crippen MR) is 137 cm³/mol. The zero-order chi connectivity index (χ0) is 26.0. The first-order chi connectivity index (χ1) is 17.2. The van der Waals surface area contributed by atoms with Crippen LogP contribution < -0.4 is 5.32 Å². The summed E-state index contributed by atoms with van der Waals surface area (Å²) in [5, 5.41) is 7.90. The minimum Gasteiger partial charge on any atom is -0.462 e. The highest BCUT2D eigenvalue weighted by atomic mass is 32.1. The van der Waals surface area contributed by atoms with Crippen molar-refractivity contribution in [2.45, 2.75) is 33.8 Å². The fraction of sp³-hybridized carbons (Fsp3) is 0.269. The fourth-order valence-electron chi connectivity index (χ4n) is 3.75. The first-order valence-electron chi connectivity index (χ1n) is 11.4. The van der Waals surface area contributed by atoms with Gasteiger partial charge in [-0.05, 0) is 45.4 Å². The maximum atomic E-state index is 13.6. The molecule has 4 rings (SSSR count). The molecule has 0 bridgehead atoms. The number of rotatable bonds is 7. The Morgan fingerprint density at radius 3 is 2.58 bits per heavy atom. The molecule has 0 saturated carbocycles. The smallest absolute Gasteiger partial charge is 0.348 e. The average molecular weight is 507 g/mol. The largest absolute Gasteiger partial charge is 0.462 e. The summed E-state index contributed by atoms with van der Waals surface area (Å²) in [4.78, 5) is 44.0. The normalized spacial score (nSPS) is 11.1. The van der Waals surface area contributed by atoms with E-state index in [-0.39, 0.29) is 28.2 Å². The number of benzene rings is 1. The molecule has 1 N–H and O–H groups in total. The van der Waals surface area contributed by atoms with Crippen molar-refractivity contribution < 1.29 is 23.9 Å². The highest BCUT2D eigenvalue weighted by Crippen LogP contribution is 2.35. The van der Waals surface area contributed by atoms with Crippen LogP contribution in [0.15, 0.2) is 42.7 Å². The monoisotopic (exact) mass is 506 g/mol. The number of carbonyl (C=O) groups is 3. The lowest BCUT2D eigenvalue weighted by Gasteiger charge is -2.12. The van der Waals surface area contributed by atoms with E-state index in [0.717, 1.165) is 16.9 Å². The number of carbonyl (C=O) groups excluding carboxylic acids is 3. The fourth-order valence-corrected chi connectivity index (χ4v) is 4.83. The number of thiophene rings is 1. The number of nitrogens with zero attached hydrogens (tertiary/aromatic N) is 3. The molecule has 1 aromatic carbocycles. The molecule has 0 radical (unpaired) electrons. The lowest BCUT2D eigenvalue weighted by molar-refractivity contribution is 0.0379. The molecular weight excluding hydrogens is 480 g/mol. The lowest BCUT2D eigenvalue weighted by Crippen LogP contribution is -2.17. The Morgan fingerprint density at radius 1 is 1.17 bits per heavy atom. The van der Waals surface area contributed by atoms with E-state index in [2.05, 4.69) is 15.4 Å². The first kappa shape index (κ1) is 25.1. The average Bonchev–Trinajstić information content (AvgIpc) is 3.41. The van der Waals surface area contributed by atoms with E-state index >= 15 is 0 Å². The molecule has 36 heavy (non-hydrogen) atoms. The summed E-state index contributed by atoms with van der Waals surface area (Å²) in [6.07, 6.45) is 3.11. The number of fused-ring (bicyclic) bond motifs is 1. The number of hydrogen-bond acceptors (Lipinski definition) is 8. The number of ether oxygens (including phenoxy) is 2. The van der Waals surface area contributed by atoms with Crippen LogP contribution in [0.5, 0.6) is 0 Å². The van der Waals surface area contributed by atoms with E-state index in [9.17, 15) is 14.4 Å². The van der Waals surface area contributed by atoms with Crippen molar-refractivity contribution in [1.29, 1.82) is 0 Å². The van der Waals surface area contributed by atoms with Crippen molar-refractivity contribution in [3.63, 3.8) is 0 Å². The van der Waals surface area contributed by atoms with Crippen molar-refractivity contribution >= 4 is 45.1 Å². The van der Waals surface area contributed by atoms with E-state index in [1.54, 1.807) is 51.7 Å². The van der Waals surface area contributed by atoms with E-state index in [0.29, 0.717) is 27.7 Å². The van der Waals surface area contributed by atoms with Crippen molar-refractivity contribution in [3.8, 4) is 11.3 Å². The number of para-hydroxylation sites is 1. The number of aromatic nitrogens is 3. The van der Waals surface area contributed by atoms with Gasteiger partial charge in [-0.2, -0.15) is 5.10 Å². The highest BCUT2D eigenvalue weighted by Gasteiger charge is 2.28. The highest BCUT2D eigenvalue weighted by molar-refractivity contribution is 7.18. The van der Waals surface area contributed by atoms with Crippen LogP contribution >= 0.6 is 11.3 Å². The van der Waals surface area contributed by atoms with Crippen LogP contribution in [0.25, 0.3) is 22.2 Å². The molecule has 3 heterocycles. The third-order valence-electron chi connectivity index (χ3n) is 5.34. The van der Waals surface area contributed by atoms with Crippen LogP contribution in [0.2, 0.25) is 0 Å². The van der Waals surface area contributed by atoms with Gasteiger partial charge in [0.1, 0.15) is 9.88 Å². The van der Waals surface area contributed by atoms with E-state index in [4.69, 9.17) is 9.47 Å². The molecule has 0 aliphatic heterocycles. The molecular formula is C26H26N4O5S. The Hall–Kier alpha value is -4.05. The number of pyridine rings is 1. The molecule has 9 nitrogen and oxygen atoms in total. The minimum atomic E-state index is -0.625. The van der Waals surface area contributed by atoms with Gasteiger partial charge in [0.05, 0.1) is 41.2 Å². The molecule has 0 aliphatic rings. The second-order valence-electron chi connectivity index (χ2n) is 8.36. The molecule has 10 heteroatoms. The number of hydrogen-bond donors (Lipinski definition) is 1. The number of nitrogens with one attached hydrogen (secondary N) is 1. The summed E-state index contributed by atoms with van der Waals surface area (Å²) in [6.45, 7) is 6.98. The molecule has 3 aromatic heterocycles. The van der Waals surface area contributed by atoms with Crippen LogP contribution in [0, 0.1) is 6.92 Å². The number of aryl methyl sites for hydroxylation is 1. The topological polar surface area (TPSA) is 112 Å². The lowest BCUT2D eigenvalue weighted by atomic mass is 10.0. The predicted octanol–water partition coefficient (Wildman–Crippen LogP) is 5.00. The third-order valence-corrected chi connectivity index (χ3v) is 6.53. The van der Waals surface area contributed by atoms with Crippen LogP contribution in [-0.2, 0) is 16.5 Å². The molecule has 0 spiro atoms. The standard InChI is InChI=1S/C26H26N4O5S/c1-6-34-26(33)22-15(4)21(25(32)35-14(2)3)24(36-22)29-23(31)18-11-20(16-12-27-30(5)13-16)28-19-10-8-7-9-17(18)19/h7-14H,6H2,1-5H3,(H,29,31). The molecule has 186 valence electrons. The van der Waals surface area contributed by atoms with Crippen LogP contribution in [0.1, 0.15) is 56.7 Å². The molecule has 0 aliphatic carbocycles. The van der Waals surface area contributed by atoms with Gasteiger partial charge in [-0.3, -0.25) is 9.48 Å². The zero-order valence-electron chi connectivity index (χ0n) is 20.6. The number of esters is 2. The number of amides is 1. The summed E-state index contributed by atoms with van der Waals surface area (Å²) in [5.74, 6) is -1.64. The summed E-state index contributed by atoms with van der Waals surface area (Å²) in [6, 6.07) is 8.99. The van der Waals surface area contributed by atoms with E-state index in [1.165, 1.54) is 0 Å². The zero-order valence-corrected chi connectivity index (χ0v) is 21.4. The molecule has 0 fully saturated rings. The van der Waals surface area contributed by atoms with Gasteiger partial charge in [0, 0.05) is 24.2 Å². The van der Waals surface area contributed by atoms with E-state index < -0.39 is 17.8 Å². The Kier molecular flexibility index (Phi) is 7.16. The van der Waals surface area contributed by atoms with Gasteiger partial charge < -0.3 is 14.8 Å². The Balaban J connectivity index is 1.79. The van der Waals surface area contributed by atoms with Gasteiger partial charge in [0.15, 0.2) is 0 Å². The van der Waals surface area contributed by atoms with Gasteiger partial charge in [0.25, 0.3) is 5.91 Å². The molecule has 1 amide bonds. The maximum absolute atomic E-state index is 13.6. The van der Waals surface area contributed by atoms with E-state index in [1.807, 2.05) is 30.5 Å². The Bertz CT molecular complexity index is 1470. The van der Waals surface area contributed by atoms with Gasteiger partial charge in [-0.1, -0.05) is 18.2 Å². The Morgan fingerprint density at radius 2 is 1.92 bits per heavy atom. The first-order valence-corrected chi connectivity index (χ1v) is 12.2. The molecule has 0 atom stereocenters. The quantitative estimate of drug-likeness (QED) is 0.351.